The van der Waals surface area contributed by atoms with E-state index in [1.54, 1.807) is 6.07 Å². The number of amides is 1. The minimum Gasteiger partial charge on any atom is -0.506 e. The van der Waals surface area contributed by atoms with Gasteiger partial charge < -0.3 is 15.5 Å². The van der Waals surface area contributed by atoms with Crippen LogP contribution < -0.4 is 14.3 Å². The number of phenols is 1. The quantitative estimate of drug-likeness (QED) is 0.570. The summed E-state index contributed by atoms with van der Waals surface area (Å²) in [5.74, 6) is -0.797. The number of hydrogen-bond acceptors (Lipinski definition) is 5. The molecule has 8 nitrogen and oxygen atoms in total. The summed E-state index contributed by atoms with van der Waals surface area (Å²) in [4.78, 5) is 11.4. The molecule has 1 aliphatic rings. The van der Waals surface area contributed by atoms with Gasteiger partial charge >= 0.3 is 10.2 Å². The molecule has 9 heteroatoms. The fraction of sp³-hybridized carbons (Fsp3) is 0.400. The van der Waals surface area contributed by atoms with Gasteiger partial charge in [-0.15, -0.1) is 0 Å². The highest BCUT2D eigenvalue weighted by molar-refractivity contribution is 7.91. The Morgan fingerprint density at radius 2 is 2.04 bits per heavy atom. The number of carbonyl (C=O) groups excluding carboxylic acids is 1. The molecule has 0 spiro atoms. The molecular weight excluding hydrogens is 334 g/mol. The van der Waals surface area contributed by atoms with E-state index in [9.17, 15) is 23.4 Å². The summed E-state index contributed by atoms with van der Waals surface area (Å²) in [6.45, 7) is 4.17. The van der Waals surface area contributed by atoms with Crippen molar-refractivity contribution in [2.45, 2.75) is 26.7 Å². The van der Waals surface area contributed by atoms with Crippen LogP contribution in [0.4, 0.5) is 5.69 Å². The molecule has 0 fully saturated rings. The van der Waals surface area contributed by atoms with Crippen molar-refractivity contribution in [3.05, 3.63) is 35.8 Å². The average Bonchev–Trinajstić information content (AvgIpc) is 2.76. The van der Waals surface area contributed by atoms with Gasteiger partial charge in [-0.1, -0.05) is 19.9 Å². The van der Waals surface area contributed by atoms with E-state index in [1.165, 1.54) is 12.1 Å². The van der Waals surface area contributed by atoms with Gasteiger partial charge in [0.1, 0.15) is 11.4 Å². The number of aromatic hydroxyl groups is 1. The molecule has 1 amide bonds. The van der Waals surface area contributed by atoms with Gasteiger partial charge in [0.25, 0.3) is 0 Å². The van der Waals surface area contributed by atoms with Gasteiger partial charge in [0.05, 0.1) is 6.20 Å². The Morgan fingerprint density at radius 3 is 2.58 bits per heavy atom. The molecule has 2 rings (SSSR count). The number of carbonyl (C=O) groups is 1. The van der Waals surface area contributed by atoms with Crippen LogP contribution >= 0.6 is 0 Å². The number of benzene rings is 1. The summed E-state index contributed by atoms with van der Waals surface area (Å²) < 4.78 is 26.3. The van der Waals surface area contributed by atoms with E-state index in [2.05, 4.69) is 5.32 Å². The fourth-order valence-corrected chi connectivity index (χ4v) is 3.27. The van der Waals surface area contributed by atoms with Crippen LogP contribution in [-0.2, 0) is 21.4 Å². The van der Waals surface area contributed by atoms with Gasteiger partial charge in [0, 0.05) is 12.5 Å². The highest BCUT2D eigenvalue weighted by atomic mass is 32.2. The van der Waals surface area contributed by atoms with Crippen LogP contribution in [0.1, 0.15) is 25.8 Å². The maximum atomic E-state index is 11.8. The van der Waals surface area contributed by atoms with Crippen molar-refractivity contribution in [3.8, 4) is 5.75 Å². The van der Waals surface area contributed by atoms with Gasteiger partial charge in [0.2, 0.25) is 11.8 Å². The molecule has 1 heterocycles. The zero-order valence-electron chi connectivity index (χ0n) is 13.5. The SMILES string of the molecule is CC(C)C(=O)NCCCc1ccc(N2C=C(O)NS2(=O)=O)c(O)c1. The molecule has 24 heavy (non-hydrogen) atoms. The first kappa shape index (κ1) is 17.9. The number of nitrogens with one attached hydrogen (secondary N) is 2. The molecule has 0 bridgehead atoms. The average molecular weight is 355 g/mol. The molecule has 0 atom stereocenters. The smallest absolute Gasteiger partial charge is 0.330 e. The van der Waals surface area contributed by atoms with Gasteiger partial charge in [0.15, 0.2) is 0 Å². The van der Waals surface area contributed by atoms with Crippen molar-refractivity contribution in [1.29, 1.82) is 0 Å². The van der Waals surface area contributed by atoms with Crippen LogP contribution in [0.2, 0.25) is 0 Å². The fourth-order valence-electron chi connectivity index (χ4n) is 2.21. The first-order chi connectivity index (χ1) is 11.2. The van der Waals surface area contributed by atoms with Crippen LogP contribution in [0, 0.1) is 5.92 Å². The summed E-state index contributed by atoms with van der Waals surface area (Å²) in [7, 11) is -3.93. The number of phenolic OH excluding ortho intramolecular Hbond substituents is 1. The third kappa shape index (κ3) is 4.10. The molecule has 0 aromatic heterocycles. The van der Waals surface area contributed by atoms with Gasteiger partial charge in [-0.25, -0.2) is 9.03 Å². The Labute approximate surface area is 141 Å². The second-order valence-corrected chi connectivity index (χ2v) is 7.34. The lowest BCUT2D eigenvalue weighted by atomic mass is 10.1. The Balaban J connectivity index is 1.99. The van der Waals surface area contributed by atoms with E-state index in [0.29, 0.717) is 19.4 Å². The van der Waals surface area contributed by atoms with Crippen LogP contribution in [0.25, 0.3) is 0 Å². The Bertz CT molecular complexity index is 758. The van der Waals surface area contributed by atoms with Crippen molar-refractivity contribution in [2.24, 2.45) is 5.92 Å². The topological polar surface area (TPSA) is 119 Å². The predicted molar refractivity (Wildman–Crippen MR) is 89.5 cm³/mol. The van der Waals surface area contributed by atoms with E-state index in [0.717, 1.165) is 16.1 Å². The van der Waals surface area contributed by atoms with Gasteiger partial charge in [-0.3, -0.25) is 4.79 Å². The van der Waals surface area contributed by atoms with Gasteiger partial charge in [-0.05, 0) is 30.5 Å². The highest BCUT2D eigenvalue weighted by Crippen LogP contribution is 2.32. The zero-order chi connectivity index (χ0) is 17.9. The molecule has 132 valence electrons. The van der Waals surface area contributed by atoms with Gasteiger partial charge in [-0.2, -0.15) is 8.42 Å². The minimum absolute atomic E-state index is 0.00784. The summed E-state index contributed by atoms with van der Waals surface area (Å²) >= 11 is 0. The van der Waals surface area contributed by atoms with E-state index in [-0.39, 0.29) is 23.3 Å². The Kier molecular flexibility index (Phi) is 5.23. The second-order valence-electron chi connectivity index (χ2n) is 5.79. The standard InChI is InChI=1S/C15H21N3O5S/c1-10(2)15(21)16-7-3-4-11-5-6-12(13(19)8-11)18-9-14(20)17-24(18,22)23/h5-6,8-10,17,19-20H,3-4,7H2,1-2H3,(H,16,21). The van der Waals surface area contributed by atoms with Crippen molar-refractivity contribution < 1.29 is 23.4 Å². The number of hydrogen-bond donors (Lipinski definition) is 4. The van der Waals surface area contributed by atoms with Crippen LogP contribution in [0.5, 0.6) is 5.75 Å². The predicted octanol–water partition coefficient (Wildman–Crippen LogP) is 1.11. The van der Waals surface area contributed by atoms with E-state index in [4.69, 9.17) is 0 Å². The van der Waals surface area contributed by atoms with E-state index in [1.807, 2.05) is 18.6 Å². The molecule has 0 saturated heterocycles. The molecule has 1 aromatic rings. The van der Waals surface area contributed by atoms with Crippen LogP contribution in [-0.4, -0.2) is 31.1 Å². The van der Waals surface area contributed by atoms with Crippen molar-refractivity contribution in [1.82, 2.24) is 10.0 Å². The second kappa shape index (κ2) is 7.00. The number of aryl methyl sites for hydroxylation is 1. The highest BCUT2D eigenvalue weighted by Gasteiger charge is 2.30. The number of aliphatic hydroxyl groups excluding tert-OH is 1. The number of rotatable bonds is 6. The normalized spacial score (nSPS) is 16.0. The maximum absolute atomic E-state index is 11.8. The minimum atomic E-state index is -3.93. The molecule has 1 aromatic carbocycles. The molecule has 0 aliphatic carbocycles. The summed E-state index contributed by atoms with van der Waals surface area (Å²) in [5, 5.41) is 22.2. The summed E-state index contributed by atoms with van der Waals surface area (Å²) in [6, 6.07) is 4.63. The summed E-state index contributed by atoms with van der Waals surface area (Å²) in [5.41, 5.74) is 0.858. The monoisotopic (exact) mass is 355 g/mol. The van der Waals surface area contributed by atoms with Crippen LogP contribution in [0.3, 0.4) is 0 Å². The third-order valence-corrected chi connectivity index (χ3v) is 4.76. The molecule has 4 N–H and O–H groups in total. The third-order valence-electron chi connectivity index (χ3n) is 3.48. The Morgan fingerprint density at radius 1 is 1.33 bits per heavy atom. The molecule has 0 unspecified atom stereocenters. The lowest BCUT2D eigenvalue weighted by Crippen LogP contribution is -2.29. The number of aliphatic hydroxyl groups is 1. The summed E-state index contributed by atoms with van der Waals surface area (Å²) in [6.07, 6.45) is 2.30. The first-order valence-electron chi connectivity index (χ1n) is 7.53. The molecule has 1 aliphatic heterocycles. The van der Waals surface area contributed by atoms with Crippen molar-refractivity contribution in [2.75, 3.05) is 10.8 Å². The van der Waals surface area contributed by atoms with E-state index >= 15 is 0 Å². The number of nitrogens with zero attached hydrogens (tertiary/aromatic N) is 1. The van der Waals surface area contributed by atoms with E-state index < -0.39 is 16.1 Å². The molecule has 0 saturated carbocycles. The molecular formula is C15H21N3O5S. The molecule has 0 radical (unpaired) electrons. The van der Waals surface area contributed by atoms with Crippen LogP contribution in [0.15, 0.2) is 30.3 Å². The number of anilines is 1. The Hall–Kier alpha value is -2.42. The lowest BCUT2D eigenvalue weighted by molar-refractivity contribution is -0.123. The lowest BCUT2D eigenvalue weighted by Gasteiger charge is -2.16. The largest absolute Gasteiger partial charge is 0.506 e. The maximum Gasteiger partial charge on any atom is 0.330 e. The van der Waals surface area contributed by atoms with Crippen molar-refractivity contribution in [3.63, 3.8) is 0 Å². The van der Waals surface area contributed by atoms with Crippen molar-refractivity contribution >= 4 is 21.8 Å². The zero-order valence-corrected chi connectivity index (χ0v) is 14.3. The first-order valence-corrected chi connectivity index (χ1v) is 8.97.